The summed E-state index contributed by atoms with van der Waals surface area (Å²) in [4.78, 5) is 11.6. The van der Waals surface area contributed by atoms with Crippen molar-refractivity contribution in [3.05, 3.63) is 24.3 Å². The van der Waals surface area contributed by atoms with E-state index < -0.39 is 22.0 Å². The first-order chi connectivity index (χ1) is 12.3. The van der Waals surface area contributed by atoms with Gasteiger partial charge in [0.1, 0.15) is 5.75 Å². The third-order valence-electron chi connectivity index (χ3n) is 4.06. The Balaban J connectivity index is 2.50. The summed E-state index contributed by atoms with van der Waals surface area (Å²) in [6, 6.07) is 6.54. The van der Waals surface area contributed by atoms with E-state index in [2.05, 4.69) is 11.6 Å². The molecule has 0 fully saturated rings. The second-order valence-corrected chi connectivity index (χ2v) is 8.35. The molecule has 0 saturated heterocycles. The van der Waals surface area contributed by atoms with Crippen molar-refractivity contribution < 1.29 is 17.9 Å². The molecule has 0 spiro atoms. The van der Waals surface area contributed by atoms with Gasteiger partial charge in [-0.1, -0.05) is 64.0 Å². The van der Waals surface area contributed by atoms with Crippen LogP contribution in [-0.4, -0.2) is 26.7 Å². The van der Waals surface area contributed by atoms with Crippen LogP contribution >= 0.6 is 0 Å². The molecule has 1 aromatic carbocycles. The largest absolute Gasteiger partial charge is 0.478 e. The van der Waals surface area contributed by atoms with Crippen molar-refractivity contribution in [2.45, 2.75) is 70.8 Å². The molecule has 0 aliphatic heterocycles. The first kappa shape index (κ1) is 22.3. The summed E-state index contributed by atoms with van der Waals surface area (Å²) >= 11 is 0. The highest BCUT2D eigenvalue weighted by Crippen LogP contribution is 2.26. The van der Waals surface area contributed by atoms with Crippen LogP contribution in [0.1, 0.15) is 64.7 Å². The molecule has 0 saturated carbocycles. The molecule has 1 amide bonds. The fourth-order valence-electron chi connectivity index (χ4n) is 2.71. The van der Waals surface area contributed by atoms with Crippen LogP contribution in [0.5, 0.6) is 5.75 Å². The van der Waals surface area contributed by atoms with Crippen LogP contribution in [0, 0.1) is 0 Å². The van der Waals surface area contributed by atoms with Crippen molar-refractivity contribution in [1.29, 1.82) is 0 Å². The van der Waals surface area contributed by atoms with Crippen LogP contribution in [0.4, 0.5) is 5.69 Å². The van der Waals surface area contributed by atoms with Gasteiger partial charge in [-0.2, -0.15) is 0 Å². The van der Waals surface area contributed by atoms with Crippen molar-refractivity contribution in [2.24, 2.45) is 0 Å². The molecule has 1 aromatic rings. The highest BCUT2D eigenvalue weighted by molar-refractivity contribution is 7.92. The van der Waals surface area contributed by atoms with Gasteiger partial charge in [0.15, 0.2) is 6.10 Å². The molecule has 0 aliphatic carbocycles. The summed E-state index contributed by atoms with van der Waals surface area (Å²) in [5.74, 6) is -0.523. The molecular weight excluding hydrogens is 352 g/mol. The number of anilines is 1. The van der Waals surface area contributed by atoms with E-state index in [9.17, 15) is 13.2 Å². The monoisotopic (exact) mass is 383 g/mol. The van der Waals surface area contributed by atoms with Gasteiger partial charge in [0, 0.05) is 0 Å². The van der Waals surface area contributed by atoms with Crippen molar-refractivity contribution in [3.8, 4) is 5.75 Å². The topological polar surface area (TPSA) is 96.3 Å². The van der Waals surface area contributed by atoms with Gasteiger partial charge in [0.2, 0.25) is 10.0 Å². The minimum atomic E-state index is -3.45. The standard InChI is InChI=1S/C19H31N2O4S/c1-3-4-5-6-7-8-9-10-15-18(19(20)22)25-17-14-12-11-13-16(17)21-26(2,23)24/h11-14,18,20-21H,3-10,15H2,1-2H3. The van der Waals surface area contributed by atoms with Crippen LogP contribution in [0.15, 0.2) is 24.3 Å². The third-order valence-corrected chi connectivity index (χ3v) is 4.65. The minimum Gasteiger partial charge on any atom is -0.478 e. The van der Waals surface area contributed by atoms with Crippen LogP contribution in [0.2, 0.25) is 0 Å². The van der Waals surface area contributed by atoms with E-state index in [0.29, 0.717) is 6.42 Å². The summed E-state index contributed by atoms with van der Waals surface area (Å²) in [7, 11) is -3.45. The van der Waals surface area contributed by atoms with Crippen LogP contribution in [0.3, 0.4) is 0 Å². The lowest BCUT2D eigenvalue weighted by Crippen LogP contribution is -2.28. The number of amides is 1. The van der Waals surface area contributed by atoms with E-state index >= 15 is 0 Å². The van der Waals surface area contributed by atoms with Gasteiger partial charge in [0.05, 0.1) is 11.9 Å². The molecule has 1 radical (unpaired) electrons. The summed E-state index contributed by atoms with van der Waals surface area (Å²) < 4.78 is 30.9. The molecule has 147 valence electrons. The zero-order chi connectivity index (χ0) is 19.4. The molecule has 0 aromatic heterocycles. The Kier molecular flexibility index (Phi) is 10.1. The number of para-hydroxylation sites is 2. The predicted octanol–water partition coefficient (Wildman–Crippen LogP) is 4.15. The van der Waals surface area contributed by atoms with Gasteiger partial charge in [-0.3, -0.25) is 15.3 Å². The zero-order valence-electron chi connectivity index (χ0n) is 15.8. The number of carbonyl (C=O) groups is 1. The van der Waals surface area contributed by atoms with Crippen LogP contribution in [-0.2, 0) is 14.8 Å². The van der Waals surface area contributed by atoms with Gasteiger partial charge in [0.25, 0.3) is 5.91 Å². The Morgan fingerprint density at radius 2 is 1.65 bits per heavy atom. The van der Waals surface area contributed by atoms with Crippen molar-refractivity contribution in [2.75, 3.05) is 11.0 Å². The summed E-state index contributed by atoms with van der Waals surface area (Å²) in [6.07, 6.45) is 9.81. The maximum Gasteiger partial charge on any atom is 0.279 e. The Morgan fingerprint density at radius 3 is 2.23 bits per heavy atom. The average Bonchev–Trinajstić information content (AvgIpc) is 2.56. The second-order valence-electron chi connectivity index (χ2n) is 6.60. The molecule has 7 heteroatoms. The fraction of sp³-hybridized carbons (Fsp3) is 0.632. The molecule has 26 heavy (non-hydrogen) atoms. The van der Waals surface area contributed by atoms with Crippen LogP contribution in [0.25, 0.3) is 0 Å². The van der Waals surface area contributed by atoms with E-state index in [4.69, 9.17) is 10.5 Å². The van der Waals surface area contributed by atoms with Crippen molar-refractivity contribution >= 4 is 21.6 Å². The quantitative estimate of drug-likeness (QED) is 0.488. The fourth-order valence-corrected chi connectivity index (χ4v) is 3.28. The van der Waals surface area contributed by atoms with Gasteiger partial charge >= 0.3 is 0 Å². The Bertz CT molecular complexity index is 647. The molecule has 2 N–H and O–H groups in total. The number of hydrogen-bond acceptors (Lipinski definition) is 4. The van der Waals surface area contributed by atoms with Gasteiger partial charge in [-0.05, 0) is 25.0 Å². The number of hydrogen-bond donors (Lipinski definition) is 1. The zero-order valence-corrected chi connectivity index (χ0v) is 16.6. The van der Waals surface area contributed by atoms with E-state index in [0.717, 1.165) is 25.5 Å². The van der Waals surface area contributed by atoms with E-state index in [1.807, 2.05) is 0 Å². The number of rotatable bonds is 14. The number of sulfonamides is 1. The summed E-state index contributed by atoms with van der Waals surface area (Å²) in [6.45, 7) is 2.20. The molecular formula is C19H31N2O4S. The number of carbonyl (C=O) groups excluding carboxylic acids is 1. The molecule has 0 heterocycles. The first-order valence-electron chi connectivity index (χ1n) is 9.32. The molecule has 0 bridgehead atoms. The molecule has 6 nitrogen and oxygen atoms in total. The maximum absolute atomic E-state index is 11.6. The SMILES string of the molecule is CCCCCCCCCCC(Oc1ccccc1NS(C)(=O)=O)C([NH])=O. The highest BCUT2D eigenvalue weighted by atomic mass is 32.2. The smallest absolute Gasteiger partial charge is 0.279 e. The summed E-state index contributed by atoms with van der Waals surface area (Å²) in [5.41, 5.74) is 7.70. The van der Waals surface area contributed by atoms with E-state index in [-0.39, 0.29) is 11.4 Å². The normalized spacial score (nSPS) is 12.5. The minimum absolute atomic E-state index is 0.267. The number of nitrogens with one attached hydrogen (secondary N) is 2. The molecule has 0 aliphatic rings. The molecule has 1 atom stereocenters. The highest BCUT2D eigenvalue weighted by Gasteiger charge is 2.19. The number of ether oxygens (including phenoxy) is 1. The lowest BCUT2D eigenvalue weighted by molar-refractivity contribution is -0.125. The average molecular weight is 384 g/mol. The first-order valence-corrected chi connectivity index (χ1v) is 11.2. The lowest BCUT2D eigenvalue weighted by atomic mass is 10.1. The molecule has 1 unspecified atom stereocenters. The van der Waals surface area contributed by atoms with Gasteiger partial charge < -0.3 is 4.74 Å². The van der Waals surface area contributed by atoms with Crippen LogP contribution < -0.4 is 15.2 Å². The third kappa shape index (κ3) is 9.65. The maximum atomic E-state index is 11.6. The summed E-state index contributed by atoms with van der Waals surface area (Å²) in [5, 5.41) is 0. The number of benzene rings is 1. The van der Waals surface area contributed by atoms with Gasteiger partial charge in [-0.25, -0.2) is 8.42 Å². The lowest BCUT2D eigenvalue weighted by Gasteiger charge is -2.18. The van der Waals surface area contributed by atoms with Crippen molar-refractivity contribution in [3.63, 3.8) is 0 Å². The Labute approximate surface area is 157 Å². The molecule has 1 rings (SSSR count). The van der Waals surface area contributed by atoms with Gasteiger partial charge in [-0.15, -0.1) is 0 Å². The predicted molar refractivity (Wildman–Crippen MR) is 105 cm³/mol. The van der Waals surface area contributed by atoms with E-state index in [1.165, 1.54) is 32.1 Å². The number of unbranched alkanes of at least 4 members (excludes halogenated alkanes) is 7. The van der Waals surface area contributed by atoms with Crippen molar-refractivity contribution in [1.82, 2.24) is 5.73 Å². The second kappa shape index (κ2) is 11.8. The van der Waals surface area contributed by atoms with E-state index in [1.54, 1.807) is 24.3 Å². The Hall–Kier alpha value is -1.76. The Morgan fingerprint density at radius 1 is 1.08 bits per heavy atom.